The van der Waals surface area contributed by atoms with Crippen molar-refractivity contribution in [3.05, 3.63) is 0 Å². The maximum absolute atomic E-state index is 12.2. The van der Waals surface area contributed by atoms with E-state index in [1.165, 1.54) is 19.3 Å². The Hall–Kier alpha value is -0.200. The minimum atomic E-state index is -0.571. The van der Waals surface area contributed by atoms with E-state index in [4.69, 9.17) is 19.3 Å². The van der Waals surface area contributed by atoms with Gasteiger partial charge in [-0.05, 0) is 87.4 Å². The van der Waals surface area contributed by atoms with Gasteiger partial charge in [-0.1, -0.05) is 13.8 Å². The zero-order valence-corrected chi connectivity index (χ0v) is 19.0. The second-order valence-corrected chi connectivity index (χ2v) is 11.5. The van der Waals surface area contributed by atoms with Gasteiger partial charge >= 0.3 is 0 Å². The van der Waals surface area contributed by atoms with Crippen molar-refractivity contribution < 1.29 is 24.4 Å². The third-order valence-electron chi connectivity index (χ3n) is 10.5. The van der Waals surface area contributed by atoms with Gasteiger partial charge in [0.25, 0.3) is 0 Å². The molecular formula is C25H42O5. The van der Waals surface area contributed by atoms with E-state index >= 15 is 0 Å². The van der Waals surface area contributed by atoms with Gasteiger partial charge < -0.3 is 24.4 Å². The highest BCUT2D eigenvalue weighted by atomic mass is 16.7. The Morgan fingerprint density at radius 1 is 0.900 bits per heavy atom. The molecule has 4 saturated carbocycles. The summed E-state index contributed by atoms with van der Waals surface area (Å²) < 4.78 is 17.9. The zero-order chi connectivity index (χ0) is 21.0. The minimum Gasteiger partial charge on any atom is -0.396 e. The lowest BCUT2D eigenvalue weighted by Crippen LogP contribution is -2.63. The smallest absolute Gasteiger partial charge is 0.161 e. The summed E-state index contributed by atoms with van der Waals surface area (Å²) in [5.41, 5.74) is -0.329. The van der Waals surface area contributed by atoms with E-state index in [2.05, 4.69) is 13.8 Å². The van der Waals surface area contributed by atoms with Crippen LogP contribution in [0.25, 0.3) is 0 Å². The van der Waals surface area contributed by atoms with Gasteiger partial charge in [-0.25, -0.2) is 0 Å². The molecule has 0 aromatic carbocycles. The van der Waals surface area contributed by atoms with Gasteiger partial charge in [0.1, 0.15) is 0 Å². The number of rotatable bonds is 5. The average molecular weight is 423 g/mol. The summed E-state index contributed by atoms with van der Waals surface area (Å²) in [5.74, 6) is 2.07. The van der Waals surface area contributed by atoms with Gasteiger partial charge in [0.05, 0.1) is 24.9 Å². The summed E-state index contributed by atoms with van der Waals surface area (Å²) in [6.07, 6.45) is 11.1. The molecule has 5 aliphatic rings. The number of hydrogen-bond acceptors (Lipinski definition) is 5. The van der Waals surface area contributed by atoms with Crippen LogP contribution in [0, 0.1) is 34.5 Å². The molecule has 1 aliphatic heterocycles. The monoisotopic (exact) mass is 422 g/mol. The highest BCUT2D eigenvalue weighted by molar-refractivity contribution is 5.17. The quantitative estimate of drug-likeness (QED) is 0.658. The van der Waals surface area contributed by atoms with Crippen LogP contribution in [0.3, 0.4) is 0 Å². The number of hydrogen-bond donors (Lipinski definition) is 2. The van der Waals surface area contributed by atoms with Gasteiger partial charge in [-0.2, -0.15) is 0 Å². The summed E-state index contributed by atoms with van der Waals surface area (Å²) in [5, 5.41) is 21.3. The molecule has 3 unspecified atom stereocenters. The first kappa shape index (κ1) is 21.6. The number of aliphatic hydroxyl groups excluding tert-OH is 1. The molecule has 5 rings (SSSR count). The van der Waals surface area contributed by atoms with Crippen molar-refractivity contribution in [3.63, 3.8) is 0 Å². The number of ether oxygens (including phenoxy) is 3. The van der Waals surface area contributed by atoms with Crippen molar-refractivity contribution in [2.24, 2.45) is 34.5 Å². The van der Waals surface area contributed by atoms with Gasteiger partial charge in [0.15, 0.2) is 6.29 Å². The lowest BCUT2D eigenvalue weighted by molar-refractivity contribution is -0.228. The molecule has 0 spiro atoms. The van der Waals surface area contributed by atoms with Crippen LogP contribution in [0.2, 0.25) is 0 Å². The molecule has 8 atom stereocenters. The molecule has 4 aliphatic carbocycles. The van der Waals surface area contributed by atoms with Gasteiger partial charge in [0, 0.05) is 24.5 Å². The molecule has 172 valence electrons. The van der Waals surface area contributed by atoms with Gasteiger partial charge in [-0.15, -0.1) is 0 Å². The summed E-state index contributed by atoms with van der Waals surface area (Å²) in [4.78, 5) is 0. The van der Waals surface area contributed by atoms with E-state index in [0.29, 0.717) is 55.0 Å². The Bertz CT molecular complexity index is 621. The molecule has 1 heterocycles. The largest absolute Gasteiger partial charge is 0.396 e. The highest BCUT2D eigenvalue weighted by Gasteiger charge is 2.68. The van der Waals surface area contributed by atoms with Crippen LogP contribution in [0.1, 0.15) is 78.1 Å². The SMILES string of the molecule is C[C@]12CCC(OCCCO)CC1CC[C@@H]1[C@H]2CC[C@]2(C)C(C3OCCO3)CC[C@@]12O. The standard InChI is InChI=1S/C25H42O5/c1-23-9-6-18(28-13-3-12-26)16-17(23)4-5-20-19(23)7-10-24(2)21(8-11-25(20,24)27)22-29-14-15-30-22/h17-22,26-27H,3-16H2,1-2H3/t17?,18?,19-,20-,21?,23+,24-,25-/m1/s1. The Morgan fingerprint density at radius 3 is 2.43 bits per heavy atom. The van der Waals surface area contributed by atoms with Crippen LogP contribution < -0.4 is 0 Å². The summed E-state index contributed by atoms with van der Waals surface area (Å²) in [6, 6.07) is 0. The highest BCUT2D eigenvalue weighted by Crippen LogP contribution is 2.69. The molecular weight excluding hydrogens is 380 g/mol. The van der Waals surface area contributed by atoms with E-state index in [1.54, 1.807) is 0 Å². The fraction of sp³-hybridized carbons (Fsp3) is 1.00. The fourth-order valence-electron chi connectivity index (χ4n) is 8.74. The van der Waals surface area contributed by atoms with Crippen LogP contribution >= 0.6 is 0 Å². The Labute approximate surface area is 181 Å². The first-order valence-electron chi connectivity index (χ1n) is 12.6. The molecule has 30 heavy (non-hydrogen) atoms. The van der Waals surface area contributed by atoms with E-state index in [1.807, 2.05) is 0 Å². The van der Waals surface area contributed by atoms with Crippen molar-refractivity contribution in [1.29, 1.82) is 0 Å². The van der Waals surface area contributed by atoms with E-state index in [0.717, 1.165) is 44.9 Å². The lowest BCUT2D eigenvalue weighted by Gasteiger charge is -2.63. The maximum Gasteiger partial charge on any atom is 0.161 e. The molecule has 0 amide bonds. The predicted molar refractivity (Wildman–Crippen MR) is 114 cm³/mol. The van der Waals surface area contributed by atoms with Crippen molar-refractivity contribution in [2.45, 2.75) is 96.1 Å². The molecule has 0 aromatic rings. The number of fused-ring (bicyclic) bond motifs is 5. The van der Waals surface area contributed by atoms with Crippen molar-refractivity contribution in [2.75, 3.05) is 26.4 Å². The Kier molecular flexibility index (Phi) is 5.76. The Morgan fingerprint density at radius 2 is 1.67 bits per heavy atom. The third kappa shape index (κ3) is 3.14. The maximum atomic E-state index is 12.2. The second-order valence-electron chi connectivity index (χ2n) is 11.5. The normalized spacial score (nSPS) is 51.4. The van der Waals surface area contributed by atoms with Crippen LogP contribution in [0.4, 0.5) is 0 Å². The molecule has 5 nitrogen and oxygen atoms in total. The molecule has 2 N–H and O–H groups in total. The van der Waals surface area contributed by atoms with Crippen LogP contribution in [-0.2, 0) is 14.2 Å². The van der Waals surface area contributed by atoms with Crippen molar-refractivity contribution >= 4 is 0 Å². The topological polar surface area (TPSA) is 68.2 Å². The minimum absolute atomic E-state index is 0.0863. The van der Waals surface area contributed by atoms with E-state index in [-0.39, 0.29) is 18.3 Å². The molecule has 0 bridgehead atoms. The lowest BCUT2D eigenvalue weighted by atomic mass is 9.43. The van der Waals surface area contributed by atoms with Crippen molar-refractivity contribution in [1.82, 2.24) is 0 Å². The van der Waals surface area contributed by atoms with Gasteiger partial charge in [-0.3, -0.25) is 0 Å². The summed E-state index contributed by atoms with van der Waals surface area (Å²) in [7, 11) is 0. The van der Waals surface area contributed by atoms with E-state index in [9.17, 15) is 5.11 Å². The van der Waals surface area contributed by atoms with E-state index < -0.39 is 5.60 Å². The van der Waals surface area contributed by atoms with Crippen LogP contribution in [-0.4, -0.2) is 54.6 Å². The van der Waals surface area contributed by atoms with Crippen molar-refractivity contribution in [3.8, 4) is 0 Å². The fourth-order valence-corrected chi connectivity index (χ4v) is 8.74. The number of aliphatic hydroxyl groups is 2. The first-order chi connectivity index (χ1) is 14.4. The summed E-state index contributed by atoms with van der Waals surface area (Å²) in [6.45, 7) is 7.16. The zero-order valence-electron chi connectivity index (χ0n) is 19.0. The van der Waals surface area contributed by atoms with Gasteiger partial charge in [0.2, 0.25) is 0 Å². The molecule has 5 fully saturated rings. The molecule has 0 radical (unpaired) electrons. The molecule has 1 saturated heterocycles. The summed E-state index contributed by atoms with van der Waals surface area (Å²) >= 11 is 0. The van der Waals surface area contributed by atoms with Crippen LogP contribution in [0.15, 0.2) is 0 Å². The molecule has 0 aromatic heterocycles. The third-order valence-corrected chi connectivity index (χ3v) is 10.5. The average Bonchev–Trinajstić information content (AvgIpc) is 3.34. The molecule has 5 heteroatoms. The first-order valence-corrected chi connectivity index (χ1v) is 12.6. The Balaban J connectivity index is 1.32. The second kappa shape index (κ2) is 7.98. The van der Waals surface area contributed by atoms with Crippen LogP contribution in [0.5, 0.6) is 0 Å². The predicted octanol–water partition coefficient (Wildman–Crippen LogP) is 3.90.